The van der Waals surface area contributed by atoms with Crippen LogP contribution in [0.5, 0.6) is 5.75 Å². The van der Waals surface area contributed by atoms with Gasteiger partial charge in [-0.3, -0.25) is 19.3 Å². The highest BCUT2D eigenvalue weighted by Crippen LogP contribution is 2.33. The Hall–Kier alpha value is -2.33. The van der Waals surface area contributed by atoms with E-state index in [9.17, 15) is 14.4 Å². The van der Waals surface area contributed by atoms with Gasteiger partial charge in [-0.15, -0.1) is 0 Å². The normalized spacial score (nSPS) is 15.2. The minimum absolute atomic E-state index is 0.287. The van der Waals surface area contributed by atoms with E-state index in [2.05, 4.69) is 41.8 Å². The van der Waals surface area contributed by atoms with Crippen molar-refractivity contribution >= 4 is 63.2 Å². The zero-order chi connectivity index (χ0) is 21.8. The first-order valence-electron chi connectivity index (χ1n) is 9.27. The van der Waals surface area contributed by atoms with Gasteiger partial charge in [0.1, 0.15) is 12.3 Å². The lowest BCUT2D eigenvalue weighted by atomic mass is 10.0. The molecular weight excluding hydrogens is 515 g/mol. The van der Waals surface area contributed by atoms with Crippen LogP contribution in [0.2, 0.25) is 0 Å². The van der Waals surface area contributed by atoms with Crippen LogP contribution in [-0.4, -0.2) is 35.6 Å². The molecule has 0 bridgehead atoms. The van der Waals surface area contributed by atoms with E-state index in [0.29, 0.717) is 11.6 Å². The van der Waals surface area contributed by atoms with Crippen LogP contribution in [0.1, 0.15) is 30.9 Å². The molecule has 2 aromatic carbocycles. The highest BCUT2D eigenvalue weighted by Gasteiger charge is 2.36. The van der Waals surface area contributed by atoms with Gasteiger partial charge in [-0.25, -0.2) is 0 Å². The molecule has 0 spiro atoms. The molecule has 6 nitrogen and oxygen atoms in total. The van der Waals surface area contributed by atoms with Crippen LogP contribution in [-0.2, 0) is 9.59 Å². The minimum atomic E-state index is -0.471. The van der Waals surface area contributed by atoms with Crippen LogP contribution in [0.25, 0.3) is 6.08 Å². The summed E-state index contributed by atoms with van der Waals surface area (Å²) in [4.78, 5) is 38.5. The summed E-state index contributed by atoms with van der Waals surface area (Å²) in [5.74, 6) is 0.237. The smallest absolute Gasteiger partial charge is 0.294 e. The number of carbonyl (C=O) groups excluding carboxylic acids is 3. The minimum Gasteiger partial charge on any atom is -0.496 e. The number of ether oxygens (including phenoxy) is 1. The van der Waals surface area contributed by atoms with Crippen LogP contribution in [0.15, 0.2) is 47.4 Å². The number of carbonyl (C=O) groups is 3. The summed E-state index contributed by atoms with van der Waals surface area (Å²) < 4.78 is 6.12. The third-order valence-electron chi connectivity index (χ3n) is 4.51. The summed E-state index contributed by atoms with van der Waals surface area (Å²) in [5.41, 5.74) is 2.57. The summed E-state index contributed by atoms with van der Waals surface area (Å²) in [7, 11) is 1.59. The van der Waals surface area contributed by atoms with Crippen LogP contribution in [0, 0.1) is 3.57 Å². The van der Waals surface area contributed by atoms with E-state index >= 15 is 0 Å². The molecule has 156 valence electrons. The molecule has 0 aliphatic carbocycles. The van der Waals surface area contributed by atoms with Gasteiger partial charge >= 0.3 is 0 Å². The predicted molar refractivity (Wildman–Crippen MR) is 128 cm³/mol. The van der Waals surface area contributed by atoms with Crippen molar-refractivity contribution in [3.63, 3.8) is 0 Å². The summed E-state index contributed by atoms with van der Waals surface area (Å²) in [6, 6.07) is 13.0. The Kier molecular flexibility index (Phi) is 7.19. The van der Waals surface area contributed by atoms with Crippen LogP contribution in [0.4, 0.5) is 10.5 Å². The van der Waals surface area contributed by atoms with Crippen LogP contribution >= 0.6 is 34.4 Å². The van der Waals surface area contributed by atoms with Gasteiger partial charge in [0.15, 0.2) is 0 Å². The molecule has 8 heteroatoms. The zero-order valence-corrected chi connectivity index (χ0v) is 19.7. The van der Waals surface area contributed by atoms with Gasteiger partial charge in [-0.2, -0.15) is 0 Å². The molecule has 3 amide bonds. The average molecular weight is 536 g/mol. The molecule has 0 radical (unpaired) electrons. The van der Waals surface area contributed by atoms with Gasteiger partial charge < -0.3 is 10.1 Å². The highest BCUT2D eigenvalue weighted by atomic mass is 127. The number of nitrogens with zero attached hydrogens (tertiary/aromatic N) is 1. The van der Waals surface area contributed by atoms with Gasteiger partial charge in [0.2, 0.25) is 5.91 Å². The Bertz CT molecular complexity index is 1020. The van der Waals surface area contributed by atoms with E-state index < -0.39 is 17.1 Å². The van der Waals surface area contributed by atoms with Crippen molar-refractivity contribution in [2.24, 2.45) is 0 Å². The number of methoxy groups -OCH3 is 1. The molecule has 30 heavy (non-hydrogen) atoms. The number of nitrogens with one attached hydrogen (secondary N) is 1. The van der Waals surface area contributed by atoms with Crippen LogP contribution in [0.3, 0.4) is 0 Å². The summed E-state index contributed by atoms with van der Waals surface area (Å²) in [5, 5.41) is 2.27. The van der Waals surface area contributed by atoms with Crippen molar-refractivity contribution < 1.29 is 19.1 Å². The van der Waals surface area contributed by atoms with Crippen molar-refractivity contribution in [3.8, 4) is 5.75 Å². The third kappa shape index (κ3) is 5.23. The number of thioether (sulfide) groups is 1. The van der Waals surface area contributed by atoms with E-state index in [0.717, 1.165) is 37.1 Å². The second kappa shape index (κ2) is 9.65. The number of rotatable bonds is 6. The van der Waals surface area contributed by atoms with Crippen molar-refractivity contribution in [3.05, 3.63) is 62.1 Å². The standard InChI is InChI=1S/C22H21IN2O4S/c1-13(2)15-5-7-16(8-6-15)24-20(26)12-25-21(27)19(30-22(25)28)11-14-4-9-18(29-3)17(23)10-14/h4-11,13H,12H2,1-3H3,(H,24,26)/b19-11-. The largest absolute Gasteiger partial charge is 0.496 e. The number of imide groups is 1. The predicted octanol–water partition coefficient (Wildman–Crippen LogP) is 5.10. The number of hydrogen-bond donors (Lipinski definition) is 1. The molecule has 1 fully saturated rings. The molecule has 0 saturated carbocycles. The summed E-state index contributed by atoms with van der Waals surface area (Å²) in [6.07, 6.45) is 1.65. The van der Waals surface area contributed by atoms with Gasteiger partial charge in [0.05, 0.1) is 15.6 Å². The quantitative estimate of drug-likeness (QED) is 0.411. The number of amides is 3. The van der Waals surface area contributed by atoms with E-state index in [4.69, 9.17) is 4.74 Å². The molecule has 2 aromatic rings. The average Bonchev–Trinajstić information content (AvgIpc) is 2.96. The number of halogens is 1. The second-order valence-electron chi connectivity index (χ2n) is 6.99. The Balaban J connectivity index is 1.67. The van der Waals surface area contributed by atoms with E-state index in [1.807, 2.05) is 36.4 Å². The van der Waals surface area contributed by atoms with Crippen molar-refractivity contribution in [1.82, 2.24) is 4.90 Å². The lowest BCUT2D eigenvalue weighted by Gasteiger charge is -2.13. The monoisotopic (exact) mass is 536 g/mol. The van der Waals surface area contributed by atoms with E-state index in [1.165, 1.54) is 0 Å². The first-order valence-corrected chi connectivity index (χ1v) is 11.2. The Morgan fingerprint density at radius 1 is 1.20 bits per heavy atom. The molecule has 0 aromatic heterocycles. The van der Waals surface area contributed by atoms with E-state index in [-0.39, 0.29) is 11.4 Å². The van der Waals surface area contributed by atoms with E-state index in [1.54, 1.807) is 19.3 Å². The van der Waals surface area contributed by atoms with Crippen molar-refractivity contribution in [2.45, 2.75) is 19.8 Å². The topological polar surface area (TPSA) is 75.7 Å². The lowest BCUT2D eigenvalue weighted by molar-refractivity contribution is -0.127. The fourth-order valence-electron chi connectivity index (χ4n) is 2.86. The fourth-order valence-corrected chi connectivity index (χ4v) is 4.45. The zero-order valence-electron chi connectivity index (χ0n) is 16.8. The third-order valence-corrected chi connectivity index (χ3v) is 6.26. The molecule has 1 N–H and O–H groups in total. The molecular formula is C22H21IN2O4S. The van der Waals surface area contributed by atoms with Crippen LogP contribution < -0.4 is 10.1 Å². The fraction of sp³-hybridized carbons (Fsp3) is 0.227. The maximum absolute atomic E-state index is 12.6. The molecule has 1 aliphatic rings. The maximum atomic E-state index is 12.6. The molecule has 1 heterocycles. The van der Waals surface area contributed by atoms with Gasteiger partial charge in [0, 0.05) is 5.69 Å². The Morgan fingerprint density at radius 2 is 1.90 bits per heavy atom. The highest BCUT2D eigenvalue weighted by molar-refractivity contribution is 14.1. The molecule has 1 aliphatic heterocycles. The van der Waals surface area contributed by atoms with Gasteiger partial charge in [0.25, 0.3) is 11.1 Å². The number of benzene rings is 2. The van der Waals surface area contributed by atoms with Gasteiger partial charge in [-0.1, -0.05) is 32.0 Å². The second-order valence-corrected chi connectivity index (χ2v) is 9.14. The first-order chi connectivity index (χ1) is 14.3. The Morgan fingerprint density at radius 3 is 2.50 bits per heavy atom. The number of hydrogen-bond acceptors (Lipinski definition) is 5. The molecule has 0 atom stereocenters. The molecule has 3 rings (SSSR count). The Labute approximate surface area is 193 Å². The molecule has 1 saturated heterocycles. The maximum Gasteiger partial charge on any atom is 0.294 e. The summed E-state index contributed by atoms with van der Waals surface area (Å²) >= 11 is 2.97. The number of anilines is 1. The SMILES string of the molecule is COc1ccc(/C=C2\SC(=O)N(CC(=O)Nc3ccc(C(C)C)cc3)C2=O)cc1I. The first kappa shape index (κ1) is 22.4. The van der Waals surface area contributed by atoms with Crippen molar-refractivity contribution in [1.29, 1.82) is 0 Å². The van der Waals surface area contributed by atoms with Crippen molar-refractivity contribution in [2.75, 3.05) is 19.0 Å². The van der Waals surface area contributed by atoms with Gasteiger partial charge in [-0.05, 0) is 81.7 Å². The lowest BCUT2D eigenvalue weighted by Crippen LogP contribution is -2.36. The summed E-state index contributed by atoms with van der Waals surface area (Å²) in [6.45, 7) is 3.86. The molecule has 0 unspecified atom stereocenters.